The van der Waals surface area contributed by atoms with Crippen molar-refractivity contribution in [3.05, 3.63) is 18.0 Å². The molecular weight excluding hydrogens is 152 g/mol. The Balaban J connectivity index is 2.64. The lowest BCUT2D eigenvalue weighted by molar-refractivity contribution is 0.168. The van der Waals surface area contributed by atoms with Crippen LogP contribution < -0.4 is 0 Å². The molecule has 0 aliphatic heterocycles. The third kappa shape index (κ3) is 2.34. The second-order valence-corrected chi connectivity index (χ2v) is 3.50. The molecule has 0 fully saturated rings. The molecule has 0 aliphatic carbocycles. The molecule has 3 nitrogen and oxygen atoms in total. The molecule has 0 saturated carbocycles. The summed E-state index contributed by atoms with van der Waals surface area (Å²) in [6.45, 7) is 6.59. The van der Waals surface area contributed by atoms with E-state index in [1.807, 2.05) is 12.4 Å². The van der Waals surface area contributed by atoms with Crippen molar-refractivity contribution in [3.63, 3.8) is 0 Å². The summed E-state index contributed by atoms with van der Waals surface area (Å²) in [4.78, 5) is 0. The van der Waals surface area contributed by atoms with Crippen LogP contribution in [0, 0.1) is 0 Å². The topological polar surface area (TPSA) is 38.0 Å². The van der Waals surface area contributed by atoms with Crippen molar-refractivity contribution in [1.29, 1.82) is 0 Å². The summed E-state index contributed by atoms with van der Waals surface area (Å²) in [5, 5.41) is 13.2. The van der Waals surface area contributed by atoms with Crippen LogP contribution in [0.3, 0.4) is 0 Å². The van der Waals surface area contributed by atoms with Gasteiger partial charge in [0.2, 0.25) is 0 Å². The summed E-state index contributed by atoms with van der Waals surface area (Å²) in [7, 11) is 0. The van der Waals surface area contributed by atoms with Gasteiger partial charge in [0.1, 0.15) is 0 Å². The highest BCUT2D eigenvalue weighted by molar-refractivity contribution is 5.08. The van der Waals surface area contributed by atoms with Gasteiger partial charge in [-0.15, -0.1) is 0 Å². The Labute approximate surface area is 73.0 Å². The quantitative estimate of drug-likeness (QED) is 0.740. The Morgan fingerprint density at radius 1 is 1.50 bits per heavy atom. The fourth-order valence-corrected chi connectivity index (χ4v) is 1.05. The molecule has 0 spiro atoms. The minimum absolute atomic E-state index is 0.329. The molecule has 1 aromatic heterocycles. The van der Waals surface area contributed by atoms with E-state index >= 15 is 0 Å². The second kappa shape index (κ2) is 3.72. The van der Waals surface area contributed by atoms with Gasteiger partial charge in [-0.05, 0) is 18.4 Å². The molecule has 0 saturated heterocycles. The van der Waals surface area contributed by atoms with Gasteiger partial charge in [0.05, 0.1) is 18.8 Å². The van der Waals surface area contributed by atoms with Gasteiger partial charge < -0.3 is 5.11 Å². The van der Waals surface area contributed by atoms with Crippen molar-refractivity contribution in [2.24, 2.45) is 0 Å². The van der Waals surface area contributed by atoms with E-state index in [2.05, 4.69) is 18.9 Å². The fraction of sp³-hybridized carbons (Fsp3) is 0.667. The Bertz CT molecular complexity index is 240. The normalized spacial score (nSPS) is 13.8. The lowest BCUT2D eigenvalue weighted by Crippen LogP contribution is -2.11. The zero-order valence-electron chi connectivity index (χ0n) is 7.86. The van der Waals surface area contributed by atoms with Crippen molar-refractivity contribution >= 4 is 0 Å². The Morgan fingerprint density at radius 3 is 2.58 bits per heavy atom. The molecule has 1 rings (SSSR count). The highest BCUT2D eigenvalue weighted by atomic mass is 16.3. The van der Waals surface area contributed by atoms with E-state index in [1.54, 1.807) is 11.6 Å². The summed E-state index contributed by atoms with van der Waals surface area (Å²) < 4.78 is 1.78. The van der Waals surface area contributed by atoms with Crippen LogP contribution in [-0.4, -0.2) is 21.0 Å². The maximum Gasteiger partial charge on any atom is 0.0708 e. The van der Waals surface area contributed by atoms with Crippen LogP contribution in [0.1, 0.15) is 32.3 Å². The second-order valence-electron chi connectivity index (χ2n) is 3.50. The highest BCUT2D eigenvalue weighted by Crippen LogP contribution is 2.12. The Kier molecular flexibility index (Phi) is 2.87. The Morgan fingerprint density at radius 2 is 2.17 bits per heavy atom. The molecule has 0 unspecified atom stereocenters. The number of hydrogen-bond donors (Lipinski definition) is 1. The van der Waals surface area contributed by atoms with E-state index in [-0.39, 0.29) is 6.10 Å². The SMILES string of the molecule is CC(C)c1cnn(C[C@H](C)O)c1. The zero-order valence-corrected chi connectivity index (χ0v) is 7.86. The van der Waals surface area contributed by atoms with Gasteiger partial charge in [0.15, 0.2) is 0 Å². The van der Waals surface area contributed by atoms with Crippen molar-refractivity contribution in [2.45, 2.75) is 39.3 Å². The molecule has 1 N–H and O–H groups in total. The van der Waals surface area contributed by atoms with Crippen molar-refractivity contribution in [3.8, 4) is 0 Å². The van der Waals surface area contributed by atoms with E-state index in [0.29, 0.717) is 12.5 Å². The summed E-state index contributed by atoms with van der Waals surface area (Å²) in [5.41, 5.74) is 1.22. The smallest absolute Gasteiger partial charge is 0.0708 e. The molecule has 0 radical (unpaired) electrons. The van der Waals surface area contributed by atoms with Crippen LogP contribution >= 0.6 is 0 Å². The summed E-state index contributed by atoms with van der Waals surface area (Å²) in [6, 6.07) is 0. The molecule has 1 atom stereocenters. The van der Waals surface area contributed by atoms with E-state index in [1.165, 1.54) is 5.56 Å². The molecule has 0 bridgehead atoms. The van der Waals surface area contributed by atoms with Crippen molar-refractivity contribution < 1.29 is 5.11 Å². The first-order chi connectivity index (χ1) is 5.59. The molecule has 0 amide bonds. The standard InChI is InChI=1S/C9H16N2O/c1-7(2)9-4-10-11(6-9)5-8(3)12/h4,6-8,12H,5H2,1-3H3/t8-/m0/s1. The van der Waals surface area contributed by atoms with Gasteiger partial charge in [-0.25, -0.2) is 0 Å². The third-order valence-electron chi connectivity index (χ3n) is 1.77. The summed E-state index contributed by atoms with van der Waals surface area (Å²) in [6.07, 6.45) is 3.51. The average molecular weight is 168 g/mol. The van der Waals surface area contributed by atoms with Gasteiger partial charge in [-0.2, -0.15) is 5.10 Å². The molecule has 0 aliphatic rings. The first-order valence-corrected chi connectivity index (χ1v) is 4.30. The molecule has 12 heavy (non-hydrogen) atoms. The van der Waals surface area contributed by atoms with Crippen molar-refractivity contribution in [1.82, 2.24) is 9.78 Å². The number of aliphatic hydroxyl groups is 1. The number of hydrogen-bond acceptors (Lipinski definition) is 2. The number of nitrogens with zero attached hydrogens (tertiary/aromatic N) is 2. The summed E-state index contributed by atoms with van der Waals surface area (Å²) >= 11 is 0. The van der Waals surface area contributed by atoms with E-state index in [9.17, 15) is 0 Å². The fourth-order valence-electron chi connectivity index (χ4n) is 1.05. The minimum Gasteiger partial charge on any atom is -0.391 e. The van der Waals surface area contributed by atoms with Crippen LogP contribution in [-0.2, 0) is 6.54 Å². The van der Waals surface area contributed by atoms with Crippen LogP contribution in [0.5, 0.6) is 0 Å². The highest BCUT2D eigenvalue weighted by Gasteiger charge is 2.03. The van der Waals surface area contributed by atoms with Crippen LogP contribution in [0.15, 0.2) is 12.4 Å². The molecule has 68 valence electrons. The van der Waals surface area contributed by atoms with E-state index in [4.69, 9.17) is 5.11 Å². The molecule has 1 heterocycles. The number of rotatable bonds is 3. The zero-order chi connectivity index (χ0) is 9.14. The van der Waals surface area contributed by atoms with Gasteiger partial charge in [-0.3, -0.25) is 4.68 Å². The first kappa shape index (κ1) is 9.26. The van der Waals surface area contributed by atoms with Gasteiger partial charge >= 0.3 is 0 Å². The van der Waals surface area contributed by atoms with Gasteiger partial charge in [-0.1, -0.05) is 13.8 Å². The number of aromatic nitrogens is 2. The average Bonchev–Trinajstić information content (AvgIpc) is 2.34. The van der Waals surface area contributed by atoms with Crippen LogP contribution in [0.2, 0.25) is 0 Å². The van der Waals surface area contributed by atoms with Crippen LogP contribution in [0.4, 0.5) is 0 Å². The largest absolute Gasteiger partial charge is 0.391 e. The predicted octanol–water partition coefficient (Wildman–Crippen LogP) is 1.39. The summed E-state index contributed by atoms with van der Waals surface area (Å²) in [5.74, 6) is 0.507. The van der Waals surface area contributed by atoms with Gasteiger partial charge in [0, 0.05) is 6.20 Å². The maximum atomic E-state index is 9.09. The third-order valence-corrected chi connectivity index (χ3v) is 1.77. The lowest BCUT2D eigenvalue weighted by Gasteiger charge is -2.03. The molecule has 0 aromatic carbocycles. The van der Waals surface area contributed by atoms with Crippen LogP contribution in [0.25, 0.3) is 0 Å². The minimum atomic E-state index is -0.329. The van der Waals surface area contributed by atoms with E-state index in [0.717, 1.165) is 0 Å². The monoisotopic (exact) mass is 168 g/mol. The Hall–Kier alpha value is -0.830. The molecule has 1 aromatic rings. The predicted molar refractivity (Wildman–Crippen MR) is 48.0 cm³/mol. The lowest BCUT2D eigenvalue weighted by atomic mass is 10.1. The van der Waals surface area contributed by atoms with E-state index < -0.39 is 0 Å². The molecular formula is C9H16N2O. The number of aliphatic hydroxyl groups excluding tert-OH is 1. The van der Waals surface area contributed by atoms with Gasteiger partial charge in [0.25, 0.3) is 0 Å². The maximum absolute atomic E-state index is 9.09. The first-order valence-electron chi connectivity index (χ1n) is 4.30. The van der Waals surface area contributed by atoms with Crippen molar-refractivity contribution in [2.75, 3.05) is 0 Å². The molecule has 3 heteroatoms.